The lowest BCUT2D eigenvalue weighted by Crippen LogP contribution is -2.22. The van der Waals surface area contributed by atoms with Gasteiger partial charge in [0.1, 0.15) is 0 Å². The molecule has 7 heteroatoms. The molecule has 0 atom stereocenters. The quantitative estimate of drug-likeness (QED) is 0.304. The minimum Gasteiger partial charge on any atom is -0.493 e. The molecule has 0 radical (unpaired) electrons. The number of thiophene rings is 1. The molecule has 0 saturated carbocycles. The highest BCUT2D eigenvalue weighted by molar-refractivity contribution is 7.19. The third-order valence-electron chi connectivity index (χ3n) is 4.86. The molecule has 0 spiro atoms. The number of fused-ring (bicyclic) bond motifs is 1. The maximum Gasteiger partial charge on any atom is 0.162 e. The van der Waals surface area contributed by atoms with Crippen molar-refractivity contribution < 1.29 is 9.47 Å². The van der Waals surface area contributed by atoms with Crippen molar-refractivity contribution >= 4 is 50.3 Å². The van der Waals surface area contributed by atoms with Crippen LogP contribution in [-0.2, 0) is 13.1 Å². The van der Waals surface area contributed by atoms with Crippen molar-refractivity contribution in [2.45, 2.75) is 13.1 Å². The molecule has 0 aliphatic rings. The zero-order valence-electron chi connectivity index (χ0n) is 16.6. The number of nitrogens with zero attached hydrogens (tertiary/aromatic N) is 2. The molecule has 30 heavy (non-hydrogen) atoms. The smallest absolute Gasteiger partial charge is 0.162 e. The molecule has 2 heterocycles. The van der Waals surface area contributed by atoms with Crippen molar-refractivity contribution in [3.8, 4) is 11.5 Å². The number of benzene rings is 2. The fourth-order valence-electron chi connectivity index (χ4n) is 3.34. The first-order valence-electron chi connectivity index (χ1n) is 9.31. The van der Waals surface area contributed by atoms with Gasteiger partial charge in [0, 0.05) is 45.8 Å². The van der Waals surface area contributed by atoms with Crippen LogP contribution in [0.2, 0.25) is 10.0 Å². The van der Waals surface area contributed by atoms with Crippen LogP contribution in [0.5, 0.6) is 11.5 Å². The number of anilines is 1. The van der Waals surface area contributed by atoms with Gasteiger partial charge in [-0.3, -0.25) is 4.98 Å². The summed E-state index contributed by atoms with van der Waals surface area (Å²) >= 11 is 14.6. The summed E-state index contributed by atoms with van der Waals surface area (Å²) in [7, 11) is 3.26. The SMILES string of the molecule is COc1ccc(N(Cc2cc3ccccc3s2)Cc2c(Cl)cncc2Cl)cc1OC. The zero-order valence-corrected chi connectivity index (χ0v) is 18.9. The van der Waals surface area contributed by atoms with E-state index in [-0.39, 0.29) is 0 Å². The van der Waals surface area contributed by atoms with E-state index in [4.69, 9.17) is 32.7 Å². The predicted molar refractivity (Wildman–Crippen MR) is 126 cm³/mol. The van der Waals surface area contributed by atoms with Crippen molar-refractivity contribution in [3.05, 3.63) is 81.4 Å². The highest BCUT2D eigenvalue weighted by Gasteiger charge is 2.17. The minimum absolute atomic E-state index is 0.532. The molecule has 0 fully saturated rings. The highest BCUT2D eigenvalue weighted by Crippen LogP contribution is 2.35. The van der Waals surface area contributed by atoms with Crippen molar-refractivity contribution in [2.24, 2.45) is 0 Å². The maximum absolute atomic E-state index is 6.42. The van der Waals surface area contributed by atoms with Gasteiger partial charge in [-0.15, -0.1) is 11.3 Å². The average molecular weight is 459 g/mol. The van der Waals surface area contributed by atoms with Crippen LogP contribution in [0.15, 0.2) is 60.9 Å². The van der Waals surface area contributed by atoms with E-state index in [0.29, 0.717) is 34.6 Å². The summed E-state index contributed by atoms with van der Waals surface area (Å²) in [6.45, 7) is 1.23. The van der Waals surface area contributed by atoms with E-state index in [9.17, 15) is 0 Å². The normalized spacial score (nSPS) is 10.9. The molecule has 2 aromatic heterocycles. The second-order valence-electron chi connectivity index (χ2n) is 6.73. The Morgan fingerprint density at radius 2 is 1.63 bits per heavy atom. The number of pyridine rings is 1. The van der Waals surface area contributed by atoms with Gasteiger partial charge in [0.2, 0.25) is 0 Å². The molecule has 154 valence electrons. The van der Waals surface area contributed by atoms with Gasteiger partial charge in [0.05, 0.1) is 30.8 Å². The van der Waals surface area contributed by atoms with Crippen LogP contribution in [0, 0.1) is 0 Å². The summed E-state index contributed by atoms with van der Waals surface area (Å²) in [5.41, 5.74) is 1.82. The maximum atomic E-state index is 6.42. The second kappa shape index (κ2) is 9.13. The van der Waals surface area contributed by atoms with Gasteiger partial charge in [-0.1, -0.05) is 41.4 Å². The Labute approximate surface area is 189 Å². The Kier molecular flexibility index (Phi) is 6.32. The number of halogens is 2. The Morgan fingerprint density at radius 1 is 0.900 bits per heavy atom. The number of hydrogen-bond donors (Lipinski definition) is 0. The highest BCUT2D eigenvalue weighted by atomic mass is 35.5. The first-order chi connectivity index (χ1) is 14.6. The molecular weight excluding hydrogens is 439 g/mol. The monoisotopic (exact) mass is 458 g/mol. The van der Waals surface area contributed by atoms with Crippen LogP contribution in [0.4, 0.5) is 5.69 Å². The molecule has 0 aliphatic heterocycles. The lowest BCUT2D eigenvalue weighted by atomic mass is 10.2. The molecule has 4 aromatic rings. The summed E-state index contributed by atoms with van der Waals surface area (Å²) in [5.74, 6) is 1.35. The standard InChI is InChI=1S/C23H20Cl2N2O2S/c1-28-21-8-7-16(10-22(21)29-2)27(14-18-19(24)11-26-12-20(18)25)13-17-9-15-5-3-4-6-23(15)30-17/h3-12H,13-14H2,1-2H3. The van der Waals surface area contributed by atoms with Crippen LogP contribution in [0.3, 0.4) is 0 Å². The van der Waals surface area contributed by atoms with E-state index >= 15 is 0 Å². The number of hydrogen-bond acceptors (Lipinski definition) is 5. The Balaban J connectivity index is 1.74. The summed E-state index contributed by atoms with van der Waals surface area (Å²) in [6.07, 6.45) is 3.24. The first-order valence-corrected chi connectivity index (χ1v) is 10.9. The van der Waals surface area contributed by atoms with Crippen molar-refractivity contribution in [1.82, 2.24) is 4.98 Å². The molecule has 0 unspecified atom stereocenters. The third-order valence-corrected chi connectivity index (χ3v) is 6.61. The van der Waals surface area contributed by atoms with E-state index in [1.807, 2.05) is 18.2 Å². The predicted octanol–water partition coefficient (Wildman–Crippen LogP) is 6.83. The molecule has 0 amide bonds. The number of methoxy groups -OCH3 is 2. The zero-order chi connectivity index (χ0) is 21.1. The van der Waals surface area contributed by atoms with Gasteiger partial charge in [-0.05, 0) is 29.7 Å². The van der Waals surface area contributed by atoms with Crippen LogP contribution in [0.25, 0.3) is 10.1 Å². The van der Waals surface area contributed by atoms with Gasteiger partial charge in [0.25, 0.3) is 0 Å². The fourth-order valence-corrected chi connectivity index (χ4v) is 4.91. The molecule has 0 bridgehead atoms. The van der Waals surface area contributed by atoms with Gasteiger partial charge >= 0.3 is 0 Å². The summed E-state index contributed by atoms with van der Waals surface area (Å²) < 4.78 is 12.2. The van der Waals surface area contributed by atoms with Crippen molar-refractivity contribution in [2.75, 3.05) is 19.1 Å². The summed E-state index contributed by atoms with van der Waals surface area (Å²) in [4.78, 5) is 7.54. The van der Waals surface area contributed by atoms with Gasteiger partial charge in [0.15, 0.2) is 11.5 Å². The molecule has 4 nitrogen and oxygen atoms in total. The van der Waals surface area contributed by atoms with Crippen LogP contribution >= 0.6 is 34.5 Å². The Hall–Kier alpha value is -2.47. The lowest BCUT2D eigenvalue weighted by molar-refractivity contribution is 0.355. The molecule has 4 rings (SSSR count). The van der Waals surface area contributed by atoms with Crippen molar-refractivity contribution in [3.63, 3.8) is 0 Å². The van der Waals surface area contributed by atoms with E-state index in [1.54, 1.807) is 38.0 Å². The number of aromatic nitrogens is 1. The average Bonchev–Trinajstić information content (AvgIpc) is 3.17. The van der Waals surface area contributed by atoms with Gasteiger partial charge in [-0.25, -0.2) is 0 Å². The van der Waals surface area contributed by atoms with E-state index in [1.165, 1.54) is 15.0 Å². The lowest BCUT2D eigenvalue weighted by Gasteiger charge is -2.26. The topological polar surface area (TPSA) is 34.6 Å². The van der Waals surface area contributed by atoms with Gasteiger partial charge in [-0.2, -0.15) is 0 Å². The van der Waals surface area contributed by atoms with Crippen LogP contribution in [0.1, 0.15) is 10.4 Å². The van der Waals surface area contributed by atoms with Crippen LogP contribution < -0.4 is 14.4 Å². The molecule has 0 N–H and O–H groups in total. The number of rotatable bonds is 7. The largest absolute Gasteiger partial charge is 0.493 e. The van der Waals surface area contributed by atoms with E-state index < -0.39 is 0 Å². The molecule has 2 aromatic carbocycles. The Morgan fingerprint density at radius 3 is 2.33 bits per heavy atom. The van der Waals surface area contributed by atoms with E-state index in [2.05, 4.69) is 40.2 Å². The first kappa shape index (κ1) is 20.8. The van der Waals surface area contributed by atoms with E-state index in [0.717, 1.165) is 11.3 Å². The Bertz CT molecular complexity index is 1130. The minimum atomic E-state index is 0.532. The summed E-state index contributed by atoms with van der Waals surface area (Å²) in [5, 5.41) is 2.33. The third kappa shape index (κ3) is 4.33. The molecule has 0 aliphatic carbocycles. The summed E-state index contributed by atoms with van der Waals surface area (Å²) in [6, 6.07) is 16.5. The fraction of sp³-hybridized carbons (Fsp3) is 0.174. The van der Waals surface area contributed by atoms with Crippen LogP contribution in [-0.4, -0.2) is 19.2 Å². The second-order valence-corrected chi connectivity index (χ2v) is 8.71. The molecule has 0 saturated heterocycles. The van der Waals surface area contributed by atoms with Crippen molar-refractivity contribution in [1.29, 1.82) is 0 Å². The van der Waals surface area contributed by atoms with Gasteiger partial charge < -0.3 is 14.4 Å². The molecular formula is C23H20Cl2N2O2S. The number of ether oxygens (including phenoxy) is 2.